The van der Waals surface area contributed by atoms with Gasteiger partial charge in [-0.2, -0.15) is 0 Å². The summed E-state index contributed by atoms with van der Waals surface area (Å²) in [5.41, 5.74) is 0. The molecule has 0 fully saturated rings. The molecular weight excluding hydrogens is 973 g/mol. The summed E-state index contributed by atoms with van der Waals surface area (Å²) in [6.07, 6.45) is 88.7. The number of hydrogen-bond acceptors (Lipinski definition) is 6. The zero-order chi connectivity index (χ0) is 57.1. The van der Waals surface area contributed by atoms with E-state index in [0.717, 1.165) is 103 Å². The summed E-state index contributed by atoms with van der Waals surface area (Å²) in [6.45, 7) is 6.55. The van der Waals surface area contributed by atoms with Gasteiger partial charge in [-0.05, 0) is 96.3 Å². The Balaban J connectivity index is 4.36. The second kappa shape index (κ2) is 67.1. The van der Waals surface area contributed by atoms with Gasteiger partial charge >= 0.3 is 17.9 Å². The molecule has 0 bridgehead atoms. The van der Waals surface area contributed by atoms with Crippen LogP contribution in [0.5, 0.6) is 0 Å². The molecular formula is C73H128O6. The lowest BCUT2D eigenvalue weighted by molar-refractivity contribution is -0.167. The van der Waals surface area contributed by atoms with Crippen molar-refractivity contribution >= 4 is 17.9 Å². The first-order valence-corrected chi connectivity index (χ1v) is 34.1. The Bertz CT molecular complexity index is 1500. The van der Waals surface area contributed by atoms with Gasteiger partial charge in [0, 0.05) is 19.3 Å². The Kier molecular flexibility index (Phi) is 64.2. The van der Waals surface area contributed by atoms with Crippen LogP contribution in [0.4, 0.5) is 0 Å². The fourth-order valence-corrected chi connectivity index (χ4v) is 9.80. The van der Waals surface area contributed by atoms with Gasteiger partial charge in [0.1, 0.15) is 13.2 Å². The van der Waals surface area contributed by atoms with Gasteiger partial charge in [-0.25, -0.2) is 0 Å². The van der Waals surface area contributed by atoms with Crippen molar-refractivity contribution in [1.82, 2.24) is 0 Å². The lowest BCUT2D eigenvalue weighted by Gasteiger charge is -2.18. The Hall–Kier alpha value is -3.41. The predicted molar refractivity (Wildman–Crippen MR) is 344 cm³/mol. The zero-order valence-corrected chi connectivity index (χ0v) is 52.4. The highest BCUT2D eigenvalue weighted by Crippen LogP contribution is 2.17. The molecule has 0 radical (unpaired) electrons. The highest BCUT2D eigenvalue weighted by atomic mass is 16.6. The number of rotatable bonds is 62. The monoisotopic (exact) mass is 1100 g/mol. The van der Waals surface area contributed by atoms with Gasteiger partial charge in [-0.1, -0.05) is 311 Å². The Morgan fingerprint density at radius 1 is 0.266 bits per heavy atom. The second-order valence-electron chi connectivity index (χ2n) is 22.7. The molecule has 0 aromatic rings. The van der Waals surface area contributed by atoms with Gasteiger partial charge in [0.25, 0.3) is 0 Å². The molecule has 6 nitrogen and oxygen atoms in total. The van der Waals surface area contributed by atoms with E-state index in [4.69, 9.17) is 14.2 Å². The molecule has 0 rings (SSSR count). The Morgan fingerprint density at radius 2 is 0.494 bits per heavy atom. The third-order valence-corrected chi connectivity index (χ3v) is 14.9. The number of esters is 3. The van der Waals surface area contributed by atoms with E-state index >= 15 is 0 Å². The smallest absolute Gasteiger partial charge is 0.306 e. The summed E-state index contributed by atoms with van der Waals surface area (Å²) < 4.78 is 17.0. The molecule has 0 N–H and O–H groups in total. The zero-order valence-electron chi connectivity index (χ0n) is 52.4. The lowest BCUT2D eigenvalue weighted by Crippen LogP contribution is -2.30. The molecule has 0 aromatic heterocycles. The van der Waals surface area contributed by atoms with Crippen LogP contribution in [0.25, 0.3) is 0 Å². The molecule has 456 valence electrons. The summed E-state index contributed by atoms with van der Waals surface area (Å²) in [7, 11) is 0. The molecule has 79 heavy (non-hydrogen) atoms. The van der Waals surface area contributed by atoms with Gasteiger partial charge in [-0.3, -0.25) is 14.4 Å². The van der Waals surface area contributed by atoms with Crippen LogP contribution in [0.3, 0.4) is 0 Å². The molecule has 1 unspecified atom stereocenters. The van der Waals surface area contributed by atoms with Gasteiger partial charge in [-0.15, -0.1) is 0 Å². The van der Waals surface area contributed by atoms with Crippen LogP contribution < -0.4 is 0 Å². The second-order valence-corrected chi connectivity index (χ2v) is 22.7. The number of unbranched alkanes of at least 4 members (excludes halogenated alkanes) is 37. The van der Waals surface area contributed by atoms with E-state index in [1.165, 1.54) is 199 Å². The number of carbonyl (C=O) groups excluding carboxylic acids is 3. The number of ether oxygens (including phenoxy) is 3. The topological polar surface area (TPSA) is 78.9 Å². The molecule has 6 heteroatoms. The highest BCUT2D eigenvalue weighted by molar-refractivity contribution is 5.71. The first kappa shape index (κ1) is 75.6. The maximum atomic E-state index is 13.0. The quantitative estimate of drug-likeness (QED) is 0.0261. The van der Waals surface area contributed by atoms with Crippen LogP contribution in [0, 0.1) is 0 Å². The largest absolute Gasteiger partial charge is 0.462 e. The van der Waals surface area contributed by atoms with E-state index in [2.05, 4.69) is 106 Å². The first-order chi connectivity index (χ1) is 39.0. The standard InChI is InChI=1S/C73H128O6/c1-4-7-10-13-16-19-22-25-28-30-32-34-36-38-40-42-45-48-51-54-57-60-63-66-72(75)78-69-70(68-77-71(74)65-62-59-56-53-50-47-44-27-24-21-18-15-12-9-6-3)79-73(76)67-64-61-58-55-52-49-46-43-41-39-37-35-33-31-29-26-23-20-17-14-11-8-5-2/h7,10,16,19,23,25-26,28,31-34,38,40,70H,4-6,8-9,11-15,17-18,20-22,24,27,29-30,35-37,39,41-69H2,1-3H3/b10-7-,19-16-,26-23-,28-25-,33-31-,34-32-,40-38-. The summed E-state index contributed by atoms with van der Waals surface area (Å²) >= 11 is 0. The van der Waals surface area contributed by atoms with Crippen molar-refractivity contribution in [2.45, 2.75) is 348 Å². The minimum absolute atomic E-state index is 0.0774. The Morgan fingerprint density at radius 3 is 0.772 bits per heavy atom. The normalized spacial score (nSPS) is 12.6. The number of allylic oxidation sites excluding steroid dienone is 14. The van der Waals surface area contributed by atoms with Crippen molar-refractivity contribution < 1.29 is 28.6 Å². The molecule has 0 saturated carbocycles. The van der Waals surface area contributed by atoms with Crippen LogP contribution in [0.1, 0.15) is 342 Å². The first-order valence-electron chi connectivity index (χ1n) is 34.1. The van der Waals surface area contributed by atoms with E-state index in [1.807, 2.05) is 0 Å². The molecule has 0 aliphatic rings. The van der Waals surface area contributed by atoms with Crippen LogP contribution in [-0.2, 0) is 28.6 Å². The van der Waals surface area contributed by atoms with Crippen molar-refractivity contribution in [3.05, 3.63) is 85.1 Å². The summed E-state index contributed by atoms with van der Waals surface area (Å²) in [5.74, 6) is -0.873. The highest BCUT2D eigenvalue weighted by Gasteiger charge is 2.19. The van der Waals surface area contributed by atoms with Crippen LogP contribution in [-0.4, -0.2) is 37.2 Å². The van der Waals surface area contributed by atoms with Crippen LogP contribution in [0.2, 0.25) is 0 Å². The van der Waals surface area contributed by atoms with Crippen LogP contribution >= 0.6 is 0 Å². The minimum atomic E-state index is -0.783. The molecule has 0 spiro atoms. The van der Waals surface area contributed by atoms with Gasteiger partial charge in [0.05, 0.1) is 0 Å². The Labute approximate surface area is 490 Å². The fourth-order valence-electron chi connectivity index (χ4n) is 9.80. The molecule has 0 aromatic carbocycles. The molecule has 0 aliphatic carbocycles. The van der Waals surface area contributed by atoms with E-state index in [1.54, 1.807) is 0 Å². The van der Waals surface area contributed by atoms with Gasteiger partial charge < -0.3 is 14.2 Å². The number of carbonyl (C=O) groups is 3. The van der Waals surface area contributed by atoms with Crippen molar-refractivity contribution in [1.29, 1.82) is 0 Å². The fraction of sp³-hybridized carbons (Fsp3) is 0.767. The summed E-state index contributed by atoms with van der Waals surface area (Å²) in [5, 5.41) is 0. The predicted octanol–water partition coefficient (Wildman–Crippen LogP) is 23.4. The van der Waals surface area contributed by atoms with Gasteiger partial charge in [0.15, 0.2) is 6.10 Å². The van der Waals surface area contributed by atoms with Crippen molar-refractivity contribution in [3.8, 4) is 0 Å². The molecule has 0 heterocycles. The van der Waals surface area contributed by atoms with Gasteiger partial charge in [0.2, 0.25) is 0 Å². The maximum Gasteiger partial charge on any atom is 0.306 e. The third-order valence-electron chi connectivity index (χ3n) is 14.9. The molecule has 0 aliphatic heterocycles. The average Bonchev–Trinajstić information content (AvgIpc) is 3.45. The molecule has 1 atom stereocenters. The maximum absolute atomic E-state index is 13.0. The van der Waals surface area contributed by atoms with E-state index in [-0.39, 0.29) is 31.1 Å². The van der Waals surface area contributed by atoms with Crippen molar-refractivity contribution in [2.75, 3.05) is 13.2 Å². The molecule has 0 amide bonds. The minimum Gasteiger partial charge on any atom is -0.462 e. The lowest BCUT2D eigenvalue weighted by atomic mass is 10.0. The summed E-state index contributed by atoms with van der Waals surface area (Å²) in [4.78, 5) is 38.4. The summed E-state index contributed by atoms with van der Waals surface area (Å²) in [6, 6.07) is 0. The average molecular weight is 1100 g/mol. The van der Waals surface area contributed by atoms with Crippen molar-refractivity contribution in [3.63, 3.8) is 0 Å². The van der Waals surface area contributed by atoms with E-state index < -0.39 is 6.10 Å². The van der Waals surface area contributed by atoms with E-state index in [9.17, 15) is 14.4 Å². The van der Waals surface area contributed by atoms with E-state index in [0.29, 0.717) is 19.3 Å². The molecule has 0 saturated heterocycles. The SMILES string of the molecule is CC/C=C\C/C=C\C/C=C\C/C=C\C/C=C\CCCCCCCCCC(=O)OCC(COC(=O)CCCCCCCCCCCCCCCCC)OC(=O)CCCCCCCCCCCCC/C=C\C/C=C\CCCCCCC. The van der Waals surface area contributed by atoms with Crippen molar-refractivity contribution in [2.24, 2.45) is 0 Å². The number of hydrogen-bond donors (Lipinski definition) is 0. The van der Waals surface area contributed by atoms with Crippen LogP contribution in [0.15, 0.2) is 85.1 Å². The third kappa shape index (κ3) is 65.3.